The first kappa shape index (κ1) is 12.9. The molecule has 0 aliphatic heterocycles. The Balaban J connectivity index is 2.35. The number of aryl methyl sites for hydroxylation is 1. The second-order valence-corrected chi connectivity index (χ2v) is 4.18. The molecule has 2 amide bonds. The van der Waals surface area contributed by atoms with E-state index in [9.17, 15) is 9.59 Å². The van der Waals surface area contributed by atoms with E-state index >= 15 is 0 Å². The molecule has 0 fully saturated rings. The van der Waals surface area contributed by atoms with Crippen LogP contribution in [0.2, 0.25) is 0 Å². The number of amides is 2. The van der Waals surface area contributed by atoms with Crippen LogP contribution in [0, 0.1) is 6.92 Å². The Morgan fingerprint density at radius 2 is 1.68 bits per heavy atom. The third-order valence-electron chi connectivity index (χ3n) is 2.70. The number of rotatable bonds is 2. The Bertz CT molecular complexity index is 602. The summed E-state index contributed by atoms with van der Waals surface area (Å²) < 4.78 is 1.68. The standard InChI is InChI=1S/C13H14N4O2/c1-9-8-14-15-17(9)13-6-4-12(5-7-13)16(10(2)18)11(3)19/h4-8H,1-3H3. The zero-order valence-electron chi connectivity index (χ0n) is 11.0. The van der Waals surface area contributed by atoms with E-state index in [1.165, 1.54) is 13.8 Å². The normalized spacial score (nSPS) is 10.3. The first-order valence-corrected chi connectivity index (χ1v) is 5.79. The molecule has 6 heteroatoms. The van der Waals surface area contributed by atoms with Crippen LogP contribution < -0.4 is 4.90 Å². The van der Waals surface area contributed by atoms with E-state index in [4.69, 9.17) is 0 Å². The lowest BCUT2D eigenvalue weighted by molar-refractivity contribution is -0.124. The van der Waals surface area contributed by atoms with Crippen molar-refractivity contribution in [3.05, 3.63) is 36.2 Å². The lowest BCUT2D eigenvalue weighted by atomic mass is 10.2. The highest BCUT2D eigenvalue weighted by atomic mass is 16.2. The van der Waals surface area contributed by atoms with Gasteiger partial charge >= 0.3 is 0 Å². The quantitative estimate of drug-likeness (QED) is 0.818. The van der Waals surface area contributed by atoms with Gasteiger partial charge in [0.25, 0.3) is 0 Å². The van der Waals surface area contributed by atoms with Crippen LogP contribution in [0.3, 0.4) is 0 Å². The molecule has 0 radical (unpaired) electrons. The number of hydrogen-bond donors (Lipinski definition) is 0. The largest absolute Gasteiger partial charge is 0.274 e. The van der Waals surface area contributed by atoms with E-state index in [0.29, 0.717) is 5.69 Å². The van der Waals surface area contributed by atoms with Crippen LogP contribution in [0.1, 0.15) is 19.5 Å². The summed E-state index contributed by atoms with van der Waals surface area (Å²) in [5.41, 5.74) is 2.27. The van der Waals surface area contributed by atoms with Crippen LogP contribution >= 0.6 is 0 Å². The maximum absolute atomic E-state index is 11.4. The molecule has 1 heterocycles. The van der Waals surface area contributed by atoms with Crippen LogP contribution in [0.25, 0.3) is 5.69 Å². The second kappa shape index (κ2) is 5.01. The number of nitrogens with zero attached hydrogens (tertiary/aromatic N) is 4. The molecule has 19 heavy (non-hydrogen) atoms. The van der Waals surface area contributed by atoms with Gasteiger partial charge in [0.1, 0.15) is 0 Å². The van der Waals surface area contributed by atoms with Gasteiger partial charge in [-0.05, 0) is 31.2 Å². The molecule has 0 saturated heterocycles. The fourth-order valence-corrected chi connectivity index (χ4v) is 1.87. The minimum absolute atomic E-state index is 0.308. The van der Waals surface area contributed by atoms with Gasteiger partial charge in [-0.3, -0.25) is 14.5 Å². The summed E-state index contributed by atoms with van der Waals surface area (Å²) in [6.45, 7) is 4.61. The molecule has 0 saturated carbocycles. The Morgan fingerprint density at radius 1 is 1.11 bits per heavy atom. The second-order valence-electron chi connectivity index (χ2n) is 4.18. The summed E-state index contributed by atoms with van der Waals surface area (Å²) in [5, 5.41) is 7.76. The number of benzene rings is 1. The van der Waals surface area contributed by atoms with Gasteiger partial charge in [-0.2, -0.15) is 0 Å². The van der Waals surface area contributed by atoms with Gasteiger partial charge < -0.3 is 0 Å². The van der Waals surface area contributed by atoms with Gasteiger partial charge in [-0.15, -0.1) is 5.10 Å². The molecule has 98 valence electrons. The first-order chi connectivity index (χ1) is 9.00. The number of aromatic nitrogens is 3. The summed E-state index contributed by atoms with van der Waals surface area (Å²) in [6.07, 6.45) is 1.66. The van der Waals surface area contributed by atoms with Crippen LogP contribution in [-0.4, -0.2) is 26.8 Å². The van der Waals surface area contributed by atoms with Gasteiger partial charge in [-0.1, -0.05) is 5.21 Å². The van der Waals surface area contributed by atoms with Crippen LogP contribution in [0.15, 0.2) is 30.5 Å². The van der Waals surface area contributed by atoms with Crippen molar-refractivity contribution in [2.24, 2.45) is 0 Å². The molecule has 6 nitrogen and oxygen atoms in total. The van der Waals surface area contributed by atoms with Gasteiger partial charge in [-0.25, -0.2) is 4.68 Å². The van der Waals surface area contributed by atoms with Crippen molar-refractivity contribution >= 4 is 17.5 Å². The number of carbonyl (C=O) groups is 2. The summed E-state index contributed by atoms with van der Waals surface area (Å²) in [7, 11) is 0. The average Bonchev–Trinajstić information content (AvgIpc) is 2.75. The van der Waals surface area contributed by atoms with E-state index in [-0.39, 0.29) is 11.8 Å². The molecule has 0 unspecified atom stereocenters. The molecule has 0 aliphatic carbocycles. The van der Waals surface area contributed by atoms with Crippen molar-refractivity contribution in [2.45, 2.75) is 20.8 Å². The highest BCUT2D eigenvalue weighted by Crippen LogP contribution is 2.18. The zero-order chi connectivity index (χ0) is 14.0. The molecule has 2 rings (SSSR count). The molecule has 0 atom stereocenters. The molecule has 0 N–H and O–H groups in total. The number of anilines is 1. The van der Waals surface area contributed by atoms with Gasteiger partial charge in [0.15, 0.2) is 0 Å². The summed E-state index contributed by atoms with van der Waals surface area (Å²) >= 11 is 0. The Labute approximate surface area is 110 Å². The fraction of sp³-hybridized carbons (Fsp3) is 0.231. The lowest BCUT2D eigenvalue weighted by Gasteiger charge is -2.17. The molecule has 0 aliphatic rings. The van der Waals surface area contributed by atoms with Crippen LogP contribution in [0.5, 0.6) is 0 Å². The van der Waals surface area contributed by atoms with E-state index in [1.807, 2.05) is 6.92 Å². The van der Waals surface area contributed by atoms with E-state index in [2.05, 4.69) is 10.3 Å². The van der Waals surface area contributed by atoms with E-state index in [1.54, 1.807) is 35.1 Å². The SMILES string of the molecule is CC(=O)N(C(C)=O)c1ccc(-n2nncc2C)cc1. The highest BCUT2D eigenvalue weighted by molar-refractivity contribution is 6.13. The van der Waals surface area contributed by atoms with Crippen molar-refractivity contribution < 1.29 is 9.59 Å². The topological polar surface area (TPSA) is 68.1 Å². The van der Waals surface area contributed by atoms with Crippen LogP contribution in [-0.2, 0) is 9.59 Å². The summed E-state index contributed by atoms with van der Waals surface area (Å²) in [4.78, 5) is 24.0. The fourth-order valence-electron chi connectivity index (χ4n) is 1.87. The first-order valence-electron chi connectivity index (χ1n) is 5.79. The minimum atomic E-state index is -0.308. The van der Waals surface area contributed by atoms with Gasteiger partial charge in [0, 0.05) is 13.8 Å². The Kier molecular flexibility index (Phi) is 3.41. The maximum Gasteiger partial charge on any atom is 0.230 e. The van der Waals surface area contributed by atoms with Crippen LogP contribution in [0.4, 0.5) is 5.69 Å². The molecule has 1 aromatic heterocycles. The number of hydrogen-bond acceptors (Lipinski definition) is 4. The molecule has 1 aromatic carbocycles. The maximum atomic E-state index is 11.4. The van der Waals surface area contributed by atoms with E-state index in [0.717, 1.165) is 16.3 Å². The number of carbonyl (C=O) groups excluding carboxylic acids is 2. The van der Waals surface area contributed by atoms with E-state index < -0.39 is 0 Å². The highest BCUT2D eigenvalue weighted by Gasteiger charge is 2.16. The van der Waals surface area contributed by atoms with Gasteiger partial charge in [0.2, 0.25) is 11.8 Å². The van der Waals surface area contributed by atoms with Crippen molar-refractivity contribution in [1.82, 2.24) is 15.0 Å². The van der Waals surface area contributed by atoms with Crippen molar-refractivity contribution in [2.75, 3.05) is 4.90 Å². The minimum Gasteiger partial charge on any atom is -0.274 e. The van der Waals surface area contributed by atoms with Gasteiger partial charge in [0.05, 0.1) is 23.3 Å². The molecular formula is C13H14N4O2. The predicted octanol–water partition coefficient (Wildman–Crippen LogP) is 1.48. The molecule has 2 aromatic rings. The Morgan fingerprint density at radius 3 is 2.11 bits per heavy atom. The molecule has 0 spiro atoms. The Hall–Kier alpha value is -2.50. The third-order valence-corrected chi connectivity index (χ3v) is 2.70. The number of imide groups is 1. The van der Waals surface area contributed by atoms with Crippen molar-refractivity contribution in [3.63, 3.8) is 0 Å². The molecule has 0 bridgehead atoms. The molecular weight excluding hydrogens is 244 g/mol. The summed E-state index contributed by atoms with van der Waals surface area (Å²) in [6, 6.07) is 6.99. The zero-order valence-corrected chi connectivity index (χ0v) is 11.0. The smallest absolute Gasteiger partial charge is 0.230 e. The average molecular weight is 258 g/mol. The third kappa shape index (κ3) is 2.52. The summed E-state index contributed by atoms with van der Waals surface area (Å²) in [5.74, 6) is -0.616. The predicted molar refractivity (Wildman–Crippen MR) is 69.9 cm³/mol. The van der Waals surface area contributed by atoms with Crippen molar-refractivity contribution in [1.29, 1.82) is 0 Å². The van der Waals surface area contributed by atoms with Crippen molar-refractivity contribution in [3.8, 4) is 5.69 Å². The lowest BCUT2D eigenvalue weighted by Crippen LogP contribution is -2.32. The monoisotopic (exact) mass is 258 g/mol.